The molecule has 3 N–H and O–H groups in total. The zero-order chi connectivity index (χ0) is 14.3. The van der Waals surface area contributed by atoms with Crippen LogP contribution in [-0.2, 0) is 6.54 Å². The van der Waals surface area contributed by atoms with Crippen molar-refractivity contribution in [1.29, 1.82) is 0 Å². The zero-order valence-corrected chi connectivity index (χ0v) is 12.2. The first-order valence-electron chi connectivity index (χ1n) is 6.44. The van der Waals surface area contributed by atoms with Gasteiger partial charge >= 0.3 is 0 Å². The van der Waals surface area contributed by atoms with Crippen molar-refractivity contribution in [3.63, 3.8) is 0 Å². The SMILES string of the molecule is CCSCCC(C)NCc1ccc(C(N)=O)cc1F. The maximum Gasteiger partial charge on any atom is 0.248 e. The van der Waals surface area contributed by atoms with Crippen molar-refractivity contribution >= 4 is 17.7 Å². The number of nitrogens with one attached hydrogen (secondary N) is 1. The Morgan fingerprint density at radius 1 is 1.53 bits per heavy atom. The minimum Gasteiger partial charge on any atom is -0.366 e. The monoisotopic (exact) mass is 284 g/mol. The van der Waals surface area contributed by atoms with Crippen LogP contribution in [0.4, 0.5) is 4.39 Å². The summed E-state index contributed by atoms with van der Waals surface area (Å²) in [6.45, 7) is 4.69. The highest BCUT2D eigenvalue weighted by molar-refractivity contribution is 7.99. The summed E-state index contributed by atoms with van der Waals surface area (Å²) in [5, 5.41) is 3.28. The smallest absolute Gasteiger partial charge is 0.248 e. The fourth-order valence-corrected chi connectivity index (χ4v) is 2.44. The van der Waals surface area contributed by atoms with E-state index in [1.165, 1.54) is 6.07 Å². The predicted octanol–water partition coefficient (Wildman–Crippen LogP) is 2.55. The van der Waals surface area contributed by atoms with Gasteiger partial charge in [-0.25, -0.2) is 4.39 Å². The lowest BCUT2D eigenvalue weighted by Gasteiger charge is -2.14. The van der Waals surface area contributed by atoms with E-state index in [0.29, 0.717) is 18.2 Å². The first-order chi connectivity index (χ1) is 9.04. The molecule has 0 aliphatic carbocycles. The Bertz CT molecular complexity index is 426. The molecule has 0 aliphatic rings. The van der Waals surface area contributed by atoms with Crippen LogP contribution in [0.2, 0.25) is 0 Å². The van der Waals surface area contributed by atoms with Crippen molar-refractivity contribution in [2.24, 2.45) is 5.73 Å². The van der Waals surface area contributed by atoms with Crippen LogP contribution in [0.3, 0.4) is 0 Å². The topological polar surface area (TPSA) is 55.1 Å². The molecule has 1 aromatic rings. The molecule has 0 spiro atoms. The molecule has 0 aromatic heterocycles. The van der Waals surface area contributed by atoms with E-state index in [-0.39, 0.29) is 11.4 Å². The van der Waals surface area contributed by atoms with E-state index in [2.05, 4.69) is 19.2 Å². The van der Waals surface area contributed by atoms with Gasteiger partial charge in [0.05, 0.1) is 0 Å². The standard InChI is InChI=1S/C14H21FN2OS/c1-3-19-7-6-10(2)17-9-12-5-4-11(14(16)18)8-13(12)15/h4-5,8,10,17H,3,6-7,9H2,1-2H3,(H2,16,18). The summed E-state index contributed by atoms with van der Waals surface area (Å²) in [6.07, 6.45) is 1.06. The van der Waals surface area contributed by atoms with Gasteiger partial charge in [0.25, 0.3) is 0 Å². The summed E-state index contributed by atoms with van der Waals surface area (Å²) >= 11 is 1.90. The summed E-state index contributed by atoms with van der Waals surface area (Å²) in [5.41, 5.74) is 5.86. The third-order valence-corrected chi connectivity index (χ3v) is 3.81. The Hall–Kier alpha value is -1.07. The van der Waals surface area contributed by atoms with E-state index in [9.17, 15) is 9.18 Å². The molecular formula is C14H21FN2OS. The van der Waals surface area contributed by atoms with Gasteiger partial charge in [0, 0.05) is 23.7 Å². The number of thioether (sulfide) groups is 1. The Morgan fingerprint density at radius 3 is 2.84 bits per heavy atom. The maximum atomic E-state index is 13.7. The van der Waals surface area contributed by atoms with E-state index in [1.807, 2.05) is 11.8 Å². The summed E-state index contributed by atoms with van der Waals surface area (Å²) in [4.78, 5) is 10.9. The van der Waals surface area contributed by atoms with Gasteiger partial charge in [0.15, 0.2) is 0 Å². The molecule has 1 atom stereocenters. The molecule has 5 heteroatoms. The first kappa shape index (κ1) is 16.0. The lowest BCUT2D eigenvalue weighted by atomic mass is 10.1. The summed E-state index contributed by atoms with van der Waals surface area (Å²) in [7, 11) is 0. The van der Waals surface area contributed by atoms with Crippen molar-refractivity contribution in [3.05, 3.63) is 35.1 Å². The maximum absolute atomic E-state index is 13.7. The number of primary amides is 1. The lowest BCUT2D eigenvalue weighted by Crippen LogP contribution is -2.26. The number of halogens is 1. The summed E-state index contributed by atoms with van der Waals surface area (Å²) in [5.74, 6) is 1.23. The number of rotatable bonds is 8. The number of nitrogens with two attached hydrogens (primary N) is 1. The molecule has 1 rings (SSSR count). The highest BCUT2D eigenvalue weighted by Crippen LogP contribution is 2.11. The van der Waals surface area contributed by atoms with Gasteiger partial charge in [0.1, 0.15) is 5.82 Å². The first-order valence-corrected chi connectivity index (χ1v) is 7.59. The van der Waals surface area contributed by atoms with Gasteiger partial charge in [-0.1, -0.05) is 13.0 Å². The van der Waals surface area contributed by atoms with Crippen LogP contribution in [0.1, 0.15) is 36.2 Å². The Kier molecular flexibility index (Phi) is 6.87. The Labute approximate surface area is 118 Å². The largest absolute Gasteiger partial charge is 0.366 e. The third-order valence-electron chi connectivity index (χ3n) is 2.88. The molecule has 1 amide bonds. The number of carbonyl (C=O) groups excluding carboxylic acids is 1. The fraction of sp³-hybridized carbons (Fsp3) is 0.500. The van der Waals surface area contributed by atoms with Crippen LogP contribution in [-0.4, -0.2) is 23.5 Å². The van der Waals surface area contributed by atoms with Crippen molar-refractivity contribution in [3.8, 4) is 0 Å². The minimum absolute atomic E-state index is 0.202. The van der Waals surface area contributed by atoms with E-state index in [4.69, 9.17) is 5.73 Å². The molecule has 106 valence electrons. The highest BCUT2D eigenvalue weighted by Gasteiger charge is 2.08. The fourth-order valence-electron chi connectivity index (χ4n) is 1.63. The number of carbonyl (C=O) groups is 1. The van der Waals surface area contributed by atoms with E-state index in [1.54, 1.807) is 12.1 Å². The predicted molar refractivity (Wildman–Crippen MR) is 78.8 cm³/mol. The van der Waals surface area contributed by atoms with Gasteiger partial charge in [-0.15, -0.1) is 0 Å². The number of hydrogen-bond donors (Lipinski definition) is 2. The lowest BCUT2D eigenvalue weighted by molar-refractivity contribution is 0.1000. The molecule has 0 heterocycles. The van der Waals surface area contributed by atoms with Gasteiger partial charge in [-0.3, -0.25) is 4.79 Å². The second-order valence-corrected chi connectivity index (χ2v) is 5.83. The van der Waals surface area contributed by atoms with Crippen LogP contribution in [0.5, 0.6) is 0 Å². The average Bonchev–Trinajstić information content (AvgIpc) is 2.37. The van der Waals surface area contributed by atoms with E-state index >= 15 is 0 Å². The molecule has 0 radical (unpaired) electrons. The molecule has 0 bridgehead atoms. The van der Waals surface area contributed by atoms with Crippen LogP contribution >= 0.6 is 11.8 Å². The van der Waals surface area contributed by atoms with Crippen molar-refractivity contribution in [1.82, 2.24) is 5.32 Å². The van der Waals surface area contributed by atoms with Gasteiger partial charge < -0.3 is 11.1 Å². The van der Waals surface area contributed by atoms with Crippen LogP contribution < -0.4 is 11.1 Å². The van der Waals surface area contributed by atoms with Gasteiger partial charge in [-0.05, 0) is 37.0 Å². The van der Waals surface area contributed by atoms with Crippen molar-refractivity contribution in [2.45, 2.75) is 32.9 Å². The minimum atomic E-state index is -0.608. The van der Waals surface area contributed by atoms with E-state index < -0.39 is 5.91 Å². The second kappa shape index (κ2) is 8.17. The molecule has 3 nitrogen and oxygen atoms in total. The zero-order valence-electron chi connectivity index (χ0n) is 11.4. The molecule has 0 fully saturated rings. The van der Waals surface area contributed by atoms with Gasteiger partial charge in [-0.2, -0.15) is 11.8 Å². The van der Waals surface area contributed by atoms with Crippen LogP contribution in [0, 0.1) is 5.82 Å². The highest BCUT2D eigenvalue weighted by atomic mass is 32.2. The molecule has 1 aromatic carbocycles. The van der Waals surface area contributed by atoms with E-state index in [0.717, 1.165) is 17.9 Å². The summed E-state index contributed by atoms with van der Waals surface area (Å²) < 4.78 is 13.7. The number of amides is 1. The molecule has 0 saturated heterocycles. The quantitative estimate of drug-likeness (QED) is 0.721. The molecule has 19 heavy (non-hydrogen) atoms. The normalized spacial score (nSPS) is 12.4. The van der Waals surface area contributed by atoms with Crippen molar-refractivity contribution in [2.75, 3.05) is 11.5 Å². The van der Waals surface area contributed by atoms with Crippen molar-refractivity contribution < 1.29 is 9.18 Å². The average molecular weight is 284 g/mol. The van der Waals surface area contributed by atoms with Crippen LogP contribution in [0.25, 0.3) is 0 Å². The number of benzene rings is 1. The molecular weight excluding hydrogens is 263 g/mol. The number of hydrogen-bond acceptors (Lipinski definition) is 3. The third kappa shape index (κ3) is 5.61. The second-order valence-electron chi connectivity index (χ2n) is 4.44. The Morgan fingerprint density at radius 2 is 2.26 bits per heavy atom. The Balaban J connectivity index is 2.47. The van der Waals surface area contributed by atoms with Gasteiger partial charge in [0.2, 0.25) is 5.91 Å². The van der Waals surface area contributed by atoms with Crippen LogP contribution in [0.15, 0.2) is 18.2 Å². The molecule has 0 aliphatic heterocycles. The molecule has 0 saturated carbocycles. The molecule has 1 unspecified atom stereocenters. The summed E-state index contributed by atoms with van der Waals surface area (Å²) in [6, 6.07) is 4.70.